The Morgan fingerprint density at radius 3 is 2.62 bits per heavy atom. The van der Waals surface area contributed by atoms with Crippen molar-refractivity contribution in [1.82, 2.24) is 5.16 Å². The van der Waals surface area contributed by atoms with Crippen molar-refractivity contribution in [2.24, 2.45) is 0 Å². The van der Waals surface area contributed by atoms with Crippen LogP contribution in [0.25, 0.3) is 11.0 Å². The van der Waals surface area contributed by atoms with Gasteiger partial charge in [-0.15, -0.1) is 11.8 Å². The van der Waals surface area contributed by atoms with Crippen molar-refractivity contribution in [3.63, 3.8) is 0 Å². The number of benzene rings is 2. The molecule has 1 unspecified atom stereocenters. The number of ether oxygens (including phenoxy) is 2. The molecule has 29 heavy (non-hydrogen) atoms. The predicted octanol–water partition coefficient (Wildman–Crippen LogP) is 4.38. The Kier molecular flexibility index (Phi) is 6.00. The van der Waals surface area contributed by atoms with Crippen LogP contribution < -0.4 is 5.32 Å². The average molecular weight is 422 g/mol. The van der Waals surface area contributed by atoms with E-state index in [1.807, 2.05) is 30.3 Å². The van der Waals surface area contributed by atoms with Crippen molar-refractivity contribution in [3.05, 3.63) is 59.2 Å². The van der Waals surface area contributed by atoms with Crippen molar-refractivity contribution >= 4 is 28.5 Å². The molecular formula is C20H20F2N2O4S. The van der Waals surface area contributed by atoms with Crippen LogP contribution in [-0.2, 0) is 9.47 Å². The smallest absolute Gasteiger partial charge is 0.207 e. The lowest BCUT2D eigenvalue weighted by Gasteiger charge is -2.19. The van der Waals surface area contributed by atoms with E-state index in [2.05, 4.69) is 10.5 Å². The van der Waals surface area contributed by atoms with Crippen LogP contribution in [0, 0.1) is 11.6 Å². The highest BCUT2D eigenvalue weighted by Crippen LogP contribution is 2.36. The minimum atomic E-state index is -1.13. The number of anilines is 1. The summed E-state index contributed by atoms with van der Waals surface area (Å²) >= 11 is 1.35. The summed E-state index contributed by atoms with van der Waals surface area (Å²) < 4.78 is 44.7. The highest BCUT2D eigenvalue weighted by atomic mass is 32.2. The molecule has 6 nitrogen and oxygen atoms in total. The Morgan fingerprint density at radius 1 is 1.21 bits per heavy atom. The zero-order valence-corrected chi connectivity index (χ0v) is 16.4. The van der Waals surface area contributed by atoms with Crippen LogP contribution in [0.4, 0.5) is 14.6 Å². The molecule has 3 aromatic rings. The highest BCUT2D eigenvalue weighted by molar-refractivity contribution is 7.99. The molecule has 1 saturated heterocycles. The molecule has 2 N–H and O–H groups in total. The summed E-state index contributed by atoms with van der Waals surface area (Å²) in [7, 11) is 0. The lowest BCUT2D eigenvalue weighted by atomic mass is 10.1. The van der Waals surface area contributed by atoms with E-state index >= 15 is 0 Å². The summed E-state index contributed by atoms with van der Waals surface area (Å²) in [6, 6.07) is 10.8. The van der Waals surface area contributed by atoms with Gasteiger partial charge in [-0.2, -0.15) is 4.39 Å². The zero-order chi connectivity index (χ0) is 20.4. The first-order chi connectivity index (χ1) is 14.0. The fourth-order valence-corrected chi connectivity index (χ4v) is 3.90. The highest BCUT2D eigenvalue weighted by Gasteiger charge is 2.28. The molecule has 2 aromatic carbocycles. The summed E-state index contributed by atoms with van der Waals surface area (Å²) in [5, 5.41) is 17.1. The molecule has 0 radical (unpaired) electrons. The number of rotatable bonds is 7. The summed E-state index contributed by atoms with van der Waals surface area (Å²) in [6.07, 6.45) is -0.965. The van der Waals surface area contributed by atoms with Gasteiger partial charge in [0.25, 0.3) is 0 Å². The molecule has 0 spiro atoms. The summed E-state index contributed by atoms with van der Waals surface area (Å²) in [4.78, 5) is 0. The average Bonchev–Trinajstić information content (AvgIpc) is 3.38. The summed E-state index contributed by atoms with van der Waals surface area (Å²) in [6.45, 7) is 2.31. The van der Waals surface area contributed by atoms with Gasteiger partial charge in [0.1, 0.15) is 0 Å². The number of hydrogen-bond acceptors (Lipinski definition) is 7. The lowest BCUT2D eigenvalue weighted by molar-refractivity contribution is -0.0467. The van der Waals surface area contributed by atoms with E-state index in [9.17, 15) is 13.9 Å². The molecule has 2 atom stereocenters. The normalized spacial score (nSPS) is 17.0. The van der Waals surface area contributed by atoms with Gasteiger partial charge in [0, 0.05) is 11.3 Å². The maximum Gasteiger partial charge on any atom is 0.207 e. The number of aliphatic hydroxyl groups is 1. The summed E-state index contributed by atoms with van der Waals surface area (Å²) in [5.74, 6) is -1.40. The van der Waals surface area contributed by atoms with Gasteiger partial charge < -0.3 is 24.4 Å². The molecule has 1 aliphatic heterocycles. The number of aromatic nitrogens is 1. The number of fused-ring (bicyclic) bond motifs is 1. The van der Waals surface area contributed by atoms with Crippen LogP contribution in [0.5, 0.6) is 0 Å². The molecule has 0 aliphatic carbocycles. The number of nitrogens with one attached hydrogen (secondary N) is 1. The molecular weight excluding hydrogens is 402 g/mol. The van der Waals surface area contributed by atoms with Crippen LogP contribution in [0.3, 0.4) is 0 Å². The number of hydrogen-bond donors (Lipinski definition) is 2. The molecule has 1 fully saturated rings. The molecule has 0 saturated carbocycles. The molecule has 0 amide bonds. The van der Waals surface area contributed by atoms with Gasteiger partial charge in [0.2, 0.25) is 11.4 Å². The second-order valence-electron chi connectivity index (χ2n) is 6.62. The van der Waals surface area contributed by atoms with E-state index in [4.69, 9.17) is 14.0 Å². The van der Waals surface area contributed by atoms with Crippen LogP contribution in [0.1, 0.15) is 30.4 Å². The van der Waals surface area contributed by atoms with E-state index in [1.165, 1.54) is 17.8 Å². The Bertz CT molecular complexity index is 978. The molecule has 1 aliphatic rings. The number of halogens is 2. The van der Waals surface area contributed by atoms with Gasteiger partial charge in [-0.3, -0.25) is 0 Å². The second-order valence-corrected chi connectivity index (χ2v) is 7.96. The molecule has 1 aromatic heterocycles. The van der Waals surface area contributed by atoms with Gasteiger partial charge in [0.15, 0.2) is 17.9 Å². The Labute approximate surface area is 170 Å². The van der Waals surface area contributed by atoms with Crippen molar-refractivity contribution in [3.8, 4) is 0 Å². The first-order valence-corrected chi connectivity index (χ1v) is 10.2. The van der Waals surface area contributed by atoms with Gasteiger partial charge in [-0.1, -0.05) is 35.5 Å². The maximum absolute atomic E-state index is 14.6. The fourth-order valence-electron chi connectivity index (χ4n) is 3.16. The maximum atomic E-state index is 14.6. The number of nitrogens with zero attached hydrogens (tertiary/aromatic N) is 1. The molecule has 4 rings (SSSR count). The third-order valence-corrected chi connectivity index (χ3v) is 5.57. The molecule has 0 bridgehead atoms. The number of thioether (sulfide) groups is 1. The largest absolute Gasteiger partial charge is 0.383 e. The van der Waals surface area contributed by atoms with Crippen LogP contribution >= 0.6 is 11.8 Å². The van der Waals surface area contributed by atoms with Crippen LogP contribution in [-0.4, -0.2) is 34.7 Å². The Balaban J connectivity index is 1.70. The van der Waals surface area contributed by atoms with E-state index in [1.54, 1.807) is 6.92 Å². The van der Waals surface area contributed by atoms with Crippen molar-refractivity contribution in [2.45, 2.75) is 24.7 Å². The van der Waals surface area contributed by atoms with Crippen LogP contribution in [0.15, 0.2) is 40.9 Å². The second kappa shape index (κ2) is 8.66. The fraction of sp³-hybridized carbons (Fsp3) is 0.350. The van der Waals surface area contributed by atoms with Gasteiger partial charge in [0.05, 0.1) is 30.1 Å². The Hall–Kier alpha value is -2.20. The number of aliphatic hydroxyl groups excluding tert-OH is 1. The van der Waals surface area contributed by atoms with Crippen molar-refractivity contribution in [2.75, 3.05) is 24.3 Å². The van der Waals surface area contributed by atoms with Crippen molar-refractivity contribution < 1.29 is 27.9 Å². The minimum Gasteiger partial charge on any atom is -0.383 e. The van der Waals surface area contributed by atoms with E-state index in [-0.39, 0.29) is 23.0 Å². The quantitative estimate of drug-likeness (QED) is 0.547. The predicted molar refractivity (Wildman–Crippen MR) is 106 cm³/mol. The van der Waals surface area contributed by atoms with Crippen molar-refractivity contribution in [1.29, 1.82) is 0 Å². The van der Waals surface area contributed by atoms with E-state index in [0.717, 1.165) is 5.56 Å². The topological polar surface area (TPSA) is 76.8 Å². The first-order valence-electron chi connectivity index (χ1n) is 9.16. The SMILES string of the molecule is CC(O)SC[C@@H](Nc1noc2c(F)c(F)c(C3OCCO3)cc12)c1ccccc1. The van der Waals surface area contributed by atoms with E-state index in [0.29, 0.717) is 24.4 Å². The van der Waals surface area contributed by atoms with Gasteiger partial charge in [-0.25, -0.2) is 4.39 Å². The molecule has 2 heterocycles. The zero-order valence-electron chi connectivity index (χ0n) is 15.6. The molecule has 9 heteroatoms. The third-order valence-electron chi connectivity index (χ3n) is 4.57. The van der Waals surface area contributed by atoms with Gasteiger partial charge in [-0.05, 0) is 18.6 Å². The monoisotopic (exact) mass is 422 g/mol. The minimum absolute atomic E-state index is 0.0339. The summed E-state index contributed by atoms with van der Waals surface area (Å²) in [5.41, 5.74) is 0.101. The third kappa shape index (κ3) is 4.23. The van der Waals surface area contributed by atoms with Gasteiger partial charge >= 0.3 is 0 Å². The first kappa shape index (κ1) is 20.1. The lowest BCUT2D eigenvalue weighted by Crippen LogP contribution is -2.15. The standard InChI is InChI=1S/C20H20F2N2O4S/c1-11(25)29-10-15(12-5-3-2-4-6-12)23-19-14-9-13(20-26-7-8-27-20)16(21)17(22)18(14)28-24-19/h2-6,9,11,15,20,25H,7-8,10H2,1H3,(H,23,24)/t11?,15-/m1/s1. The molecule has 154 valence electrons. The van der Waals surface area contributed by atoms with E-state index < -0.39 is 23.4 Å². The van der Waals surface area contributed by atoms with Crippen LogP contribution in [0.2, 0.25) is 0 Å². The Morgan fingerprint density at radius 2 is 1.93 bits per heavy atom.